The molecule has 0 N–H and O–H groups in total. The van der Waals surface area contributed by atoms with Gasteiger partial charge in [-0.1, -0.05) is 39.0 Å². The summed E-state index contributed by atoms with van der Waals surface area (Å²) in [5.41, 5.74) is 0. The Morgan fingerprint density at radius 1 is 0.938 bits per heavy atom. The number of hydrogen-bond acceptors (Lipinski definition) is 1. The normalized spacial score (nSPS) is 25.9. The zero-order chi connectivity index (χ0) is 11.6. The van der Waals surface area contributed by atoms with Crippen molar-refractivity contribution < 1.29 is 9.13 Å². The van der Waals surface area contributed by atoms with Crippen LogP contribution in [0.4, 0.5) is 4.39 Å². The summed E-state index contributed by atoms with van der Waals surface area (Å²) in [4.78, 5) is 0. The summed E-state index contributed by atoms with van der Waals surface area (Å²) in [6, 6.07) is 0. The predicted octanol–water partition coefficient (Wildman–Crippen LogP) is 4.64. The lowest BCUT2D eigenvalue weighted by molar-refractivity contribution is 0.0113. The number of ether oxygens (including phenoxy) is 1. The van der Waals surface area contributed by atoms with Gasteiger partial charge in [-0.2, -0.15) is 0 Å². The monoisotopic (exact) mass is 230 g/mol. The molecule has 1 aliphatic rings. The average molecular weight is 230 g/mol. The highest BCUT2D eigenvalue weighted by Gasteiger charge is 2.20. The van der Waals surface area contributed by atoms with E-state index in [2.05, 4.69) is 6.92 Å². The highest BCUT2D eigenvalue weighted by molar-refractivity contribution is 4.71. The summed E-state index contributed by atoms with van der Waals surface area (Å²) in [6.45, 7) is 3.12. The Bertz CT molecular complexity index is 153. The van der Waals surface area contributed by atoms with Crippen molar-refractivity contribution in [1.29, 1.82) is 0 Å². The lowest BCUT2D eigenvalue weighted by atomic mass is 9.96. The topological polar surface area (TPSA) is 9.23 Å². The molecule has 96 valence electrons. The number of alkyl halides is 1. The zero-order valence-corrected chi connectivity index (χ0v) is 10.7. The number of halogens is 1. The molecule has 0 aromatic rings. The van der Waals surface area contributed by atoms with Gasteiger partial charge in [-0.15, -0.1) is 0 Å². The fraction of sp³-hybridized carbons (Fsp3) is 1.00. The van der Waals surface area contributed by atoms with Crippen LogP contribution in [0.15, 0.2) is 0 Å². The van der Waals surface area contributed by atoms with Gasteiger partial charge in [0.1, 0.15) is 6.17 Å². The van der Waals surface area contributed by atoms with Gasteiger partial charge in [0.2, 0.25) is 0 Å². The maximum absolute atomic E-state index is 12.9. The van der Waals surface area contributed by atoms with Crippen LogP contribution in [0.1, 0.15) is 71.1 Å². The van der Waals surface area contributed by atoms with Gasteiger partial charge in [0.15, 0.2) is 0 Å². The Balaban J connectivity index is 1.84. The fourth-order valence-corrected chi connectivity index (χ4v) is 2.32. The average Bonchev–Trinajstić information content (AvgIpc) is 2.30. The maximum Gasteiger partial charge on any atom is 0.100 e. The van der Waals surface area contributed by atoms with Crippen molar-refractivity contribution in [2.75, 3.05) is 6.61 Å². The quantitative estimate of drug-likeness (QED) is 0.552. The minimum absolute atomic E-state index is 0.350. The van der Waals surface area contributed by atoms with Crippen molar-refractivity contribution in [3.63, 3.8) is 0 Å². The maximum atomic E-state index is 12.9. The largest absolute Gasteiger partial charge is 0.378 e. The third kappa shape index (κ3) is 6.47. The minimum Gasteiger partial charge on any atom is -0.378 e. The molecule has 0 unspecified atom stereocenters. The SMILES string of the molecule is CCCCCCCCOC1CCC(F)CC1. The molecule has 0 bridgehead atoms. The van der Waals surface area contributed by atoms with Gasteiger partial charge in [0.05, 0.1) is 6.10 Å². The van der Waals surface area contributed by atoms with E-state index in [1.165, 1.54) is 38.5 Å². The van der Waals surface area contributed by atoms with Crippen LogP contribution >= 0.6 is 0 Å². The van der Waals surface area contributed by atoms with Crippen LogP contribution in [0.5, 0.6) is 0 Å². The van der Waals surface area contributed by atoms with Crippen molar-refractivity contribution in [2.45, 2.75) is 83.4 Å². The zero-order valence-electron chi connectivity index (χ0n) is 10.7. The minimum atomic E-state index is -0.561. The Kier molecular flexibility index (Phi) is 7.83. The van der Waals surface area contributed by atoms with Crippen LogP contribution in [-0.4, -0.2) is 18.9 Å². The Morgan fingerprint density at radius 3 is 2.25 bits per heavy atom. The van der Waals surface area contributed by atoms with E-state index >= 15 is 0 Å². The second kappa shape index (κ2) is 8.98. The molecule has 1 rings (SSSR count). The smallest absolute Gasteiger partial charge is 0.100 e. The Labute approximate surface area is 99.8 Å². The molecule has 2 heteroatoms. The van der Waals surface area contributed by atoms with Gasteiger partial charge in [0.25, 0.3) is 0 Å². The molecule has 0 heterocycles. The Morgan fingerprint density at radius 2 is 1.56 bits per heavy atom. The van der Waals surface area contributed by atoms with Crippen molar-refractivity contribution in [3.05, 3.63) is 0 Å². The van der Waals surface area contributed by atoms with E-state index in [0.717, 1.165) is 19.4 Å². The van der Waals surface area contributed by atoms with Gasteiger partial charge in [0, 0.05) is 6.61 Å². The van der Waals surface area contributed by atoms with Crippen molar-refractivity contribution in [1.82, 2.24) is 0 Å². The third-order valence-electron chi connectivity index (χ3n) is 3.46. The summed E-state index contributed by atoms with van der Waals surface area (Å²) in [7, 11) is 0. The number of hydrogen-bond donors (Lipinski definition) is 0. The van der Waals surface area contributed by atoms with Crippen molar-refractivity contribution in [3.8, 4) is 0 Å². The Hall–Kier alpha value is -0.110. The van der Waals surface area contributed by atoms with Crippen LogP contribution in [0.25, 0.3) is 0 Å². The lowest BCUT2D eigenvalue weighted by Crippen LogP contribution is -2.22. The van der Waals surface area contributed by atoms with Crippen LogP contribution in [0, 0.1) is 0 Å². The number of unbranched alkanes of at least 4 members (excludes halogenated alkanes) is 5. The second-order valence-corrected chi connectivity index (χ2v) is 5.01. The van der Waals surface area contributed by atoms with E-state index in [1.807, 2.05) is 0 Å². The van der Waals surface area contributed by atoms with Crippen LogP contribution < -0.4 is 0 Å². The molecule has 1 saturated carbocycles. The van der Waals surface area contributed by atoms with Gasteiger partial charge in [-0.3, -0.25) is 0 Å². The molecule has 0 radical (unpaired) electrons. The summed E-state index contributed by atoms with van der Waals surface area (Å²) in [6.07, 6.45) is 10.9. The highest BCUT2D eigenvalue weighted by atomic mass is 19.1. The summed E-state index contributed by atoms with van der Waals surface area (Å²) >= 11 is 0. The van der Waals surface area contributed by atoms with Crippen LogP contribution in [0.3, 0.4) is 0 Å². The third-order valence-corrected chi connectivity index (χ3v) is 3.46. The van der Waals surface area contributed by atoms with E-state index < -0.39 is 6.17 Å². The van der Waals surface area contributed by atoms with E-state index in [4.69, 9.17) is 4.74 Å². The summed E-state index contributed by atoms with van der Waals surface area (Å²) in [5.74, 6) is 0. The molecule has 16 heavy (non-hydrogen) atoms. The predicted molar refractivity (Wildman–Crippen MR) is 66.5 cm³/mol. The summed E-state index contributed by atoms with van der Waals surface area (Å²) in [5, 5.41) is 0. The molecule has 0 amide bonds. The molecule has 1 fully saturated rings. The van der Waals surface area contributed by atoms with E-state index in [-0.39, 0.29) is 0 Å². The first-order valence-corrected chi connectivity index (χ1v) is 7.08. The fourth-order valence-electron chi connectivity index (χ4n) is 2.32. The standard InChI is InChI=1S/C14H27FO/c1-2-3-4-5-6-7-12-16-14-10-8-13(15)9-11-14/h13-14H,2-12H2,1H3. The molecule has 0 aromatic carbocycles. The molecule has 1 aliphatic carbocycles. The van der Waals surface area contributed by atoms with E-state index in [9.17, 15) is 4.39 Å². The second-order valence-electron chi connectivity index (χ2n) is 5.01. The van der Waals surface area contributed by atoms with Gasteiger partial charge >= 0.3 is 0 Å². The van der Waals surface area contributed by atoms with Gasteiger partial charge < -0.3 is 4.74 Å². The first-order valence-electron chi connectivity index (χ1n) is 7.08. The summed E-state index contributed by atoms with van der Waals surface area (Å²) < 4.78 is 18.6. The first-order chi connectivity index (χ1) is 7.83. The van der Waals surface area contributed by atoms with Crippen LogP contribution in [0.2, 0.25) is 0 Å². The van der Waals surface area contributed by atoms with Crippen molar-refractivity contribution in [2.24, 2.45) is 0 Å². The molecule has 0 atom stereocenters. The molecular weight excluding hydrogens is 203 g/mol. The van der Waals surface area contributed by atoms with Crippen molar-refractivity contribution >= 4 is 0 Å². The van der Waals surface area contributed by atoms with E-state index in [1.54, 1.807) is 0 Å². The number of rotatable bonds is 8. The van der Waals surface area contributed by atoms with Gasteiger partial charge in [-0.25, -0.2) is 4.39 Å². The molecular formula is C14H27FO. The molecule has 0 spiro atoms. The van der Waals surface area contributed by atoms with Gasteiger partial charge in [-0.05, 0) is 32.1 Å². The molecule has 0 aromatic heterocycles. The first kappa shape index (κ1) is 14.0. The molecule has 0 saturated heterocycles. The van der Waals surface area contributed by atoms with Crippen LogP contribution in [-0.2, 0) is 4.74 Å². The van der Waals surface area contributed by atoms with E-state index in [0.29, 0.717) is 18.9 Å². The lowest BCUT2D eigenvalue weighted by Gasteiger charge is -2.24. The molecule has 0 aliphatic heterocycles. The molecule has 1 nitrogen and oxygen atoms in total. The highest BCUT2D eigenvalue weighted by Crippen LogP contribution is 2.23.